The lowest BCUT2D eigenvalue weighted by molar-refractivity contribution is 0.926. The number of fused-ring (bicyclic) bond motifs is 1. The number of halogens is 1. The van der Waals surface area contributed by atoms with Crippen LogP contribution in [0, 0.1) is 4.77 Å². The van der Waals surface area contributed by atoms with Crippen molar-refractivity contribution in [2.45, 2.75) is 13.3 Å². The van der Waals surface area contributed by atoms with E-state index in [1.54, 1.807) is 6.20 Å². The second-order valence-corrected chi connectivity index (χ2v) is 5.03. The Morgan fingerprint density at radius 2 is 2.21 bits per heavy atom. The van der Waals surface area contributed by atoms with Crippen LogP contribution in [0.5, 0.6) is 0 Å². The van der Waals surface area contributed by atoms with Crippen molar-refractivity contribution in [3.05, 3.63) is 52.1 Å². The van der Waals surface area contributed by atoms with Gasteiger partial charge in [0, 0.05) is 23.5 Å². The fourth-order valence-corrected chi connectivity index (χ4v) is 2.72. The number of rotatable bonds is 2. The van der Waals surface area contributed by atoms with E-state index >= 15 is 0 Å². The van der Waals surface area contributed by atoms with E-state index in [4.69, 9.17) is 23.8 Å². The Balaban J connectivity index is 2.41. The SMILES string of the molecule is CCc1c[nH]c(=S)n1-c1ccc(Cl)c2cccnc12. The maximum absolute atomic E-state index is 6.22. The van der Waals surface area contributed by atoms with Gasteiger partial charge in [0.1, 0.15) is 0 Å². The number of aryl methyl sites for hydroxylation is 1. The standard InChI is InChI=1S/C14H12ClN3S/c1-2-9-8-17-14(19)18(9)12-6-5-11(15)10-4-3-7-16-13(10)12/h3-8H,2H2,1H3,(H,17,19). The summed E-state index contributed by atoms with van der Waals surface area (Å²) >= 11 is 11.6. The number of nitrogens with one attached hydrogen (secondary N) is 1. The Bertz CT molecular complexity index is 804. The van der Waals surface area contributed by atoms with Crippen LogP contribution < -0.4 is 0 Å². The van der Waals surface area contributed by atoms with Crippen LogP contribution in [-0.2, 0) is 6.42 Å². The molecule has 2 aromatic heterocycles. The van der Waals surface area contributed by atoms with Crippen molar-refractivity contribution in [1.82, 2.24) is 14.5 Å². The van der Waals surface area contributed by atoms with Gasteiger partial charge in [-0.25, -0.2) is 0 Å². The summed E-state index contributed by atoms with van der Waals surface area (Å²) in [4.78, 5) is 7.53. The average molecular weight is 290 g/mol. The quantitative estimate of drug-likeness (QED) is 0.714. The summed E-state index contributed by atoms with van der Waals surface area (Å²) in [6.07, 6.45) is 4.60. The predicted octanol–water partition coefficient (Wildman–Crippen LogP) is 4.30. The largest absolute Gasteiger partial charge is 0.337 e. The number of imidazole rings is 1. The number of aromatic amines is 1. The van der Waals surface area contributed by atoms with Gasteiger partial charge < -0.3 is 4.98 Å². The minimum absolute atomic E-state index is 0.672. The van der Waals surface area contributed by atoms with Gasteiger partial charge in [0.05, 0.1) is 16.2 Å². The molecule has 0 saturated carbocycles. The molecule has 0 radical (unpaired) electrons. The van der Waals surface area contributed by atoms with E-state index in [1.807, 2.05) is 35.0 Å². The lowest BCUT2D eigenvalue weighted by Gasteiger charge is -2.10. The van der Waals surface area contributed by atoms with Gasteiger partial charge in [-0.1, -0.05) is 18.5 Å². The molecule has 3 nitrogen and oxygen atoms in total. The smallest absolute Gasteiger partial charge is 0.182 e. The number of H-pyrrole nitrogens is 1. The van der Waals surface area contributed by atoms with Crippen LogP contribution in [0.1, 0.15) is 12.6 Å². The van der Waals surface area contributed by atoms with Crippen LogP contribution in [0.2, 0.25) is 5.02 Å². The average Bonchev–Trinajstić information content (AvgIpc) is 2.81. The molecular weight excluding hydrogens is 278 g/mol. The topological polar surface area (TPSA) is 33.6 Å². The van der Waals surface area contributed by atoms with Gasteiger partial charge >= 0.3 is 0 Å². The fraction of sp³-hybridized carbons (Fsp3) is 0.143. The van der Waals surface area contributed by atoms with Crippen molar-refractivity contribution in [3.63, 3.8) is 0 Å². The van der Waals surface area contributed by atoms with E-state index in [1.165, 1.54) is 0 Å². The zero-order chi connectivity index (χ0) is 13.4. The van der Waals surface area contributed by atoms with E-state index in [0.717, 1.165) is 28.7 Å². The van der Waals surface area contributed by atoms with Gasteiger partial charge in [-0.15, -0.1) is 0 Å². The van der Waals surface area contributed by atoms with Crippen molar-refractivity contribution < 1.29 is 0 Å². The highest BCUT2D eigenvalue weighted by atomic mass is 35.5. The van der Waals surface area contributed by atoms with Gasteiger partial charge in [-0.3, -0.25) is 9.55 Å². The number of benzene rings is 1. The Morgan fingerprint density at radius 3 is 3.00 bits per heavy atom. The first-order chi connectivity index (χ1) is 9.22. The second-order valence-electron chi connectivity index (χ2n) is 4.24. The van der Waals surface area contributed by atoms with Crippen molar-refractivity contribution in [2.24, 2.45) is 0 Å². The van der Waals surface area contributed by atoms with Crippen LogP contribution in [-0.4, -0.2) is 14.5 Å². The maximum Gasteiger partial charge on any atom is 0.182 e. The molecule has 2 heterocycles. The first-order valence-corrected chi connectivity index (χ1v) is 6.84. The highest BCUT2D eigenvalue weighted by molar-refractivity contribution is 7.71. The summed E-state index contributed by atoms with van der Waals surface area (Å²) < 4.78 is 2.69. The van der Waals surface area contributed by atoms with Gasteiger partial charge in [0.15, 0.2) is 4.77 Å². The third-order valence-corrected chi connectivity index (χ3v) is 3.78. The monoisotopic (exact) mass is 289 g/mol. The number of hydrogen-bond acceptors (Lipinski definition) is 2. The highest BCUT2D eigenvalue weighted by Gasteiger charge is 2.11. The molecule has 3 aromatic rings. The van der Waals surface area contributed by atoms with Crippen molar-refractivity contribution in [1.29, 1.82) is 0 Å². The molecule has 0 aliphatic carbocycles. The number of hydrogen-bond donors (Lipinski definition) is 1. The Morgan fingerprint density at radius 1 is 1.37 bits per heavy atom. The number of nitrogens with zero attached hydrogens (tertiary/aromatic N) is 2. The molecular formula is C14H12ClN3S. The highest BCUT2D eigenvalue weighted by Crippen LogP contribution is 2.28. The van der Waals surface area contributed by atoms with E-state index in [0.29, 0.717) is 9.79 Å². The molecule has 0 atom stereocenters. The lowest BCUT2D eigenvalue weighted by Crippen LogP contribution is -2.01. The van der Waals surface area contributed by atoms with Crippen molar-refractivity contribution in [2.75, 3.05) is 0 Å². The van der Waals surface area contributed by atoms with E-state index in [-0.39, 0.29) is 0 Å². The molecule has 5 heteroatoms. The molecule has 0 bridgehead atoms. The van der Waals surface area contributed by atoms with E-state index < -0.39 is 0 Å². The third kappa shape index (κ3) is 1.97. The Kier molecular flexibility index (Phi) is 3.12. The summed E-state index contributed by atoms with van der Waals surface area (Å²) in [6.45, 7) is 2.10. The lowest BCUT2D eigenvalue weighted by atomic mass is 10.2. The normalized spacial score (nSPS) is 11.1. The Hall–Kier alpha value is -1.65. The number of pyridine rings is 1. The molecule has 3 rings (SSSR count). The molecule has 1 aromatic carbocycles. The van der Waals surface area contributed by atoms with Crippen molar-refractivity contribution in [3.8, 4) is 5.69 Å². The molecule has 0 spiro atoms. The fourth-order valence-electron chi connectivity index (χ4n) is 2.23. The van der Waals surface area contributed by atoms with Gasteiger partial charge in [0.2, 0.25) is 0 Å². The molecule has 0 saturated heterocycles. The summed E-state index contributed by atoms with van der Waals surface area (Å²) in [5, 5.41) is 1.64. The molecule has 0 aliphatic heterocycles. The summed E-state index contributed by atoms with van der Waals surface area (Å²) in [5.74, 6) is 0. The van der Waals surface area contributed by atoms with Crippen LogP contribution in [0.4, 0.5) is 0 Å². The third-order valence-electron chi connectivity index (χ3n) is 3.15. The number of aromatic nitrogens is 3. The summed E-state index contributed by atoms with van der Waals surface area (Å²) in [6, 6.07) is 7.70. The molecule has 0 fully saturated rings. The van der Waals surface area contributed by atoms with Crippen molar-refractivity contribution >= 4 is 34.7 Å². The molecule has 1 N–H and O–H groups in total. The zero-order valence-corrected chi connectivity index (χ0v) is 11.9. The van der Waals surface area contributed by atoms with Gasteiger partial charge in [-0.2, -0.15) is 0 Å². The molecule has 96 valence electrons. The molecule has 0 unspecified atom stereocenters. The first kappa shape index (κ1) is 12.4. The van der Waals surface area contributed by atoms with Gasteiger partial charge in [0.25, 0.3) is 0 Å². The van der Waals surface area contributed by atoms with Crippen LogP contribution in [0.25, 0.3) is 16.6 Å². The zero-order valence-electron chi connectivity index (χ0n) is 10.4. The van der Waals surface area contributed by atoms with Crippen LogP contribution in [0.15, 0.2) is 36.7 Å². The van der Waals surface area contributed by atoms with Crippen LogP contribution >= 0.6 is 23.8 Å². The summed E-state index contributed by atoms with van der Waals surface area (Å²) in [5.41, 5.74) is 2.95. The minimum Gasteiger partial charge on any atom is -0.337 e. The maximum atomic E-state index is 6.22. The molecule has 19 heavy (non-hydrogen) atoms. The van der Waals surface area contributed by atoms with E-state index in [9.17, 15) is 0 Å². The van der Waals surface area contributed by atoms with Crippen LogP contribution in [0.3, 0.4) is 0 Å². The predicted molar refractivity (Wildman–Crippen MR) is 80.6 cm³/mol. The second kappa shape index (κ2) is 4.79. The Labute approximate surface area is 120 Å². The minimum atomic E-state index is 0.672. The summed E-state index contributed by atoms with van der Waals surface area (Å²) in [7, 11) is 0. The first-order valence-electron chi connectivity index (χ1n) is 6.05. The van der Waals surface area contributed by atoms with E-state index in [2.05, 4.69) is 16.9 Å². The molecule has 0 amide bonds. The molecule has 0 aliphatic rings. The van der Waals surface area contributed by atoms with Gasteiger partial charge in [-0.05, 0) is 42.9 Å².